The lowest BCUT2D eigenvalue weighted by molar-refractivity contribution is -0.223. The Hall–Kier alpha value is -1.17. The smallest absolute Gasteiger partial charge is 0.234 e. The standard InChI is InChI=1S/C11H12O5/c1-6-2-7-3-8(12)11(14)4-9(13)10(7,16-11)5-15-6/h2-3,9,13-14H,4-5H2,1H3/t9-,10+,11+/m1/s1. The van der Waals surface area contributed by atoms with Crippen LogP contribution in [0.25, 0.3) is 0 Å². The molecule has 0 aromatic rings. The maximum absolute atomic E-state index is 11.6. The quantitative estimate of drug-likeness (QED) is 0.587. The molecule has 3 rings (SSSR count). The normalized spacial score (nSPS) is 45.7. The topological polar surface area (TPSA) is 76.0 Å². The summed E-state index contributed by atoms with van der Waals surface area (Å²) in [4.78, 5) is 11.6. The van der Waals surface area contributed by atoms with E-state index in [1.54, 1.807) is 13.0 Å². The highest BCUT2D eigenvalue weighted by Gasteiger charge is 2.63. The van der Waals surface area contributed by atoms with Crippen molar-refractivity contribution in [3.8, 4) is 0 Å². The van der Waals surface area contributed by atoms with E-state index in [4.69, 9.17) is 9.47 Å². The number of hydrogen-bond acceptors (Lipinski definition) is 5. The van der Waals surface area contributed by atoms with E-state index in [2.05, 4.69) is 0 Å². The van der Waals surface area contributed by atoms with Gasteiger partial charge in [-0.25, -0.2) is 0 Å². The van der Waals surface area contributed by atoms with Crippen LogP contribution in [0.1, 0.15) is 13.3 Å². The van der Waals surface area contributed by atoms with Gasteiger partial charge in [0.05, 0.1) is 11.9 Å². The molecule has 5 nitrogen and oxygen atoms in total. The fraction of sp³-hybridized carbons (Fsp3) is 0.545. The summed E-state index contributed by atoms with van der Waals surface area (Å²) in [6.07, 6.45) is 1.96. The highest BCUT2D eigenvalue weighted by molar-refractivity contribution is 5.98. The molecule has 3 heterocycles. The van der Waals surface area contributed by atoms with Crippen molar-refractivity contribution in [1.29, 1.82) is 0 Å². The average Bonchev–Trinajstić information content (AvgIpc) is 2.43. The van der Waals surface area contributed by atoms with Crippen LogP contribution in [-0.2, 0) is 14.3 Å². The molecule has 5 heteroatoms. The number of ether oxygens (including phenoxy) is 2. The van der Waals surface area contributed by atoms with Gasteiger partial charge >= 0.3 is 0 Å². The first kappa shape index (κ1) is 10.0. The molecule has 1 fully saturated rings. The molecule has 0 unspecified atom stereocenters. The molecular formula is C11H12O5. The molecule has 0 radical (unpaired) electrons. The van der Waals surface area contributed by atoms with E-state index in [0.29, 0.717) is 11.3 Å². The van der Waals surface area contributed by atoms with E-state index in [1.807, 2.05) is 0 Å². The van der Waals surface area contributed by atoms with Gasteiger partial charge in [0.1, 0.15) is 6.61 Å². The number of rotatable bonds is 0. The number of allylic oxidation sites excluding steroid dienone is 1. The summed E-state index contributed by atoms with van der Waals surface area (Å²) in [5.74, 6) is -1.73. The van der Waals surface area contributed by atoms with Crippen LogP contribution in [0.2, 0.25) is 0 Å². The van der Waals surface area contributed by atoms with Crippen LogP contribution in [0, 0.1) is 0 Å². The molecule has 86 valence electrons. The van der Waals surface area contributed by atoms with Crippen molar-refractivity contribution in [2.24, 2.45) is 0 Å². The number of hydrogen-bond donors (Lipinski definition) is 2. The fourth-order valence-corrected chi connectivity index (χ4v) is 2.47. The highest BCUT2D eigenvalue weighted by Crippen LogP contribution is 2.48. The van der Waals surface area contributed by atoms with Gasteiger partial charge in [0.25, 0.3) is 0 Å². The Morgan fingerprint density at radius 2 is 2.25 bits per heavy atom. The summed E-state index contributed by atoms with van der Waals surface area (Å²) in [6.45, 7) is 1.89. The predicted molar refractivity (Wildman–Crippen MR) is 52.2 cm³/mol. The van der Waals surface area contributed by atoms with Gasteiger partial charge in [-0.2, -0.15) is 0 Å². The Labute approximate surface area is 92.0 Å². The van der Waals surface area contributed by atoms with Gasteiger partial charge in [-0.15, -0.1) is 0 Å². The van der Waals surface area contributed by atoms with Crippen molar-refractivity contribution in [3.63, 3.8) is 0 Å². The van der Waals surface area contributed by atoms with Gasteiger partial charge in [0, 0.05) is 6.42 Å². The van der Waals surface area contributed by atoms with Gasteiger partial charge in [-0.3, -0.25) is 4.79 Å². The summed E-state index contributed by atoms with van der Waals surface area (Å²) in [5.41, 5.74) is -0.502. The second kappa shape index (κ2) is 2.74. The molecule has 0 saturated carbocycles. The molecular weight excluding hydrogens is 212 g/mol. The summed E-state index contributed by atoms with van der Waals surface area (Å²) in [6, 6.07) is 0. The zero-order valence-corrected chi connectivity index (χ0v) is 8.77. The molecule has 3 aliphatic rings. The second-order valence-corrected chi connectivity index (χ2v) is 4.50. The van der Waals surface area contributed by atoms with Crippen molar-refractivity contribution < 1.29 is 24.5 Å². The van der Waals surface area contributed by atoms with Crippen molar-refractivity contribution in [1.82, 2.24) is 0 Å². The molecule has 3 aliphatic heterocycles. The fourth-order valence-electron chi connectivity index (χ4n) is 2.47. The summed E-state index contributed by atoms with van der Waals surface area (Å²) < 4.78 is 10.7. The molecule has 2 bridgehead atoms. The zero-order chi connectivity index (χ0) is 11.6. The monoisotopic (exact) mass is 224 g/mol. The number of aliphatic hydroxyl groups is 2. The van der Waals surface area contributed by atoms with Crippen molar-refractivity contribution >= 4 is 5.78 Å². The van der Waals surface area contributed by atoms with Crippen LogP contribution >= 0.6 is 0 Å². The van der Waals surface area contributed by atoms with Crippen LogP contribution in [0.15, 0.2) is 23.5 Å². The van der Waals surface area contributed by atoms with Crippen LogP contribution in [0.4, 0.5) is 0 Å². The second-order valence-electron chi connectivity index (χ2n) is 4.50. The third-order valence-electron chi connectivity index (χ3n) is 3.39. The molecule has 1 saturated heterocycles. The van der Waals surface area contributed by atoms with Crippen molar-refractivity contribution in [2.45, 2.75) is 30.8 Å². The Bertz CT molecular complexity index is 438. The maximum Gasteiger partial charge on any atom is 0.234 e. The maximum atomic E-state index is 11.6. The Balaban J connectivity index is 2.17. The Morgan fingerprint density at radius 3 is 3.00 bits per heavy atom. The molecule has 0 amide bonds. The lowest BCUT2D eigenvalue weighted by Crippen LogP contribution is -2.52. The van der Waals surface area contributed by atoms with E-state index in [0.717, 1.165) is 0 Å². The minimum atomic E-state index is -1.88. The molecule has 1 spiro atoms. The number of aliphatic hydroxyl groups excluding tert-OH is 1. The van der Waals surface area contributed by atoms with Crippen LogP contribution in [-0.4, -0.2) is 40.1 Å². The van der Waals surface area contributed by atoms with Crippen LogP contribution in [0.5, 0.6) is 0 Å². The minimum absolute atomic E-state index is 0.109. The first-order valence-corrected chi connectivity index (χ1v) is 5.15. The van der Waals surface area contributed by atoms with E-state index in [9.17, 15) is 15.0 Å². The molecule has 0 aliphatic carbocycles. The highest BCUT2D eigenvalue weighted by atomic mass is 16.7. The molecule has 3 atom stereocenters. The number of ketones is 1. The molecule has 0 aromatic heterocycles. The van der Waals surface area contributed by atoms with Crippen LogP contribution in [0.3, 0.4) is 0 Å². The number of carbonyl (C=O) groups excluding carboxylic acids is 1. The molecule has 16 heavy (non-hydrogen) atoms. The predicted octanol–water partition coefficient (Wildman–Crippen LogP) is -0.362. The van der Waals surface area contributed by atoms with E-state index in [-0.39, 0.29) is 13.0 Å². The SMILES string of the molecule is CC1=CC2=CC(=O)[C@]3(O)C[C@@H](O)[C@@]2(CO1)O3. The zero-order valence-electron chi connectivity index (χ0n) is 8.77. The number of fused-ring (bicyclic) bond motifs is 1. The Kier molecular flexibility index (Phi) is 1.71. The van der Waals surface area contributed by atoms with Crippen molar-refractivity contribution in [2.75, 3.05) is 6.61 Å². The van der Waals surface area contributed by atoms with Gasteiger partial charge in [-0.05, 0) is 24.6 Å². The Morgan fingerprint density at radius 1 is 1.50 bits per heavy atom. The van der Waals surface area contributed by atoms with E-state index < -0.39 is 23.3 Å². The van der Waals surface area contributed by atoms with E-state index in [1.165, 1.54) is 6.08 Å². The summed E-state index contributed by atoms with van der Waals surface area (Å²) in [5, 5.41) is 19.9. The third kappa shape index (κ3) is 1.03. The summed E-state index contributed by atoms with van der Waals surface area (Å²) in [7, 11) is 0. The third-order valence-corrected chi connectivity index (χ3v) is 3.39. The van der Waals surface area contributed by atoms with Gasteiger partial charge < -0.3 is 19.7 Å². The lowest BCUT2D eigenvalue weighted by Gasteiger charge is -2.39. The van der Waals surface area contributed by atoms with Gasteiger partial charge in [0.15, 0.2) is 5.60 Å². The van der Waals surface area contributed by atoms with Crippen molar-refractivity contribution in [3.05, 3.63) is 23.5 Å². The summed E-state index contributed by atoms with van der Waals surface area (Å²) >= 11 is 0. The van der Waals surface area contributed by atoms with E-state index >= 15 is 0 Å². The molecule has 2 N–H and O–H groups in total. The number of carbonyl (C=O) groups is 1. The van der Waals surface area contributed by atoms with Gasteiger partial charge in [0.2, 0.25) is 11.6 Å². The minimum Gasteiger partial charge on any atom is -0.495 e. The molecule has 0 aromatic carbocycles. The van der Waals surface area contributed by atoms with Crippen LogP contribution < -0.4 is 0 Å². The first-order valence-electron chi connectivity index (χ1n) is 5.15. The lowest BCUT2D eigenvalue weighted by atomic mass is 9.87. The first-order chi connectivity index (χ1) is 7.46. The van der Waals surface area contributed by atoms with Gasteiger partial charge in [-0.1, -0.05) is 0 Å². The average molecular weight is 224 g/mol. The largest absolute Gasteiger partial charge is 0.495 e.